The molecule has 1 aliphatic rings. The Kier molecular flexibility index (Phi) is 5.62. The van der Waals surface area contributed by atoms with E-state index in [4.69, 9.17) is 14.2 Å². The first-order valence-corrected chi connectivity index (χ1v) is 8.70. The molecule has 1 aliphatic heterocycles. The summed E-state index contributed by atoms with van der Waals surface area (Å²) in [5.74, 6) is -0.455. The fourth-order valence-electron chi connectivity index (χ4n) is 2.90. The molecule has 0 saturated heterocycles. The highest BCUT2D eigenvalue weighted by atomic mass is 19.1. The summed E-state index contributed by atoms with van der Waals surface area (Å²) in [5, 5.41) is 13.6. The molecule has 1 heterocycles. The van der Waals surface area contributed by atoms with E-state index >= 15 is 0 Å². The summed E-state index contributed by atoms with van der Waals surface area (Å²) in [6, 6.07) is 6.28. The fraction of sp³-hybridized carbons (Fsp3) is 0.316. The van der Waals surface area contributed by atoms with Gasteiger partial charge in [-0.05, 0) is 26.0 Å². The van der Waals surface area contributed by atoms with E-state index in [0.29, 0.717) is 23.8 Å². The molecular formula is C19H19FN2O6. The maximum absolute atomic E-state index is 13.3. The maximum Gasteiger partial charge on any atom is 0.311 e. The van der Waals surface area contributed by atoms with Gasteiger partial charge in [0.15, 0.2) is 6.61 Å². The molecule has 0 radical (unpaired) electrons. The van der Waals surface area contributed by atoms with Gasteiger partial charge in [-0.25, -0.2) is 4.39 Å². The van der Waals surface area contributed by atoms with Crippen LogP contribution in [0, 0.1) is 15.9 Å². The van der Waals surface area contributed by atoms with Crippen molar-refractivity contribution in [2.75, 3.05) is 18.5 Å². The second-order valence-electron chi connectivity index (χ2n) is 6.23. The number of halogens is 1. The topological polar surface area (TPSA) is 99.9 Å². The molecule has 0 aromatic heterocycles. The van der Waals surface area contributed by atoms with Crippen molar-refractivity contribution < 1.29 is 28.3 Å². The molecule has 1 N–H and O–H groups in total. The number of nitro groups is 1. The van der Waals surface area contributed by atoms with Crippen molar-refractivity contribution in [1.29, 1.82) is 0 Å². The Bertz CT molecular complexity index is 918. The lowest BCUT2D eigenvalue weighted by molar-refractivity contribution is -0.385. The van der Waals surface area contributed by atoms with Gasteiger partial charge in [-0.1, -0.05) is 0 Å². The molecular weight excluding hydrogens is 371 g/mol. The minimum Gasteiger partial charge on any atom is -0.492 e. The van der Waals surface area contributed by atoms with Crippen LogP contribution in [0.15, 0.2) is 30.3 Å². The highest BCUT2D eigenvalue weighted by Crippen LogP contribution is 2.38. The van der Waals surface area contributed by atoms with Crippen molar-refractivity contribution in [2.24, 2.45) is 0 Å². The lowest BCUT2D eigenvalue weighted by Gasteiger charge is -2.14. The number of carbonyl (C=O) groups is 1. The average molecular weight is 390 g/mol. The average Bonchev–Trinajstić information content (AvgIpc) is 2.99. The van der Waals surface area contributed by atoms with Crippen LogP contribution in [-0.2, 0) is 11.2 Å². The number of carbonyl (C=O) groups excluding carboxylic acids is 1. The Morgan fingerprint density at radius 3 is 2.82 bits per heavy atom. The molecule has 8 nitrogen and oxygen atoms in total. The van der Waals surface area contributed by atoms with Crippen molar-refractivity contribution >= 4 is 17.3 Å². The van der Waals surface area contributed by atoms with E-state index in [2.05, 4.69) is 5.32 Å². The molecule has 2 aromatic rings. The molecule has 0 aliphatic carbocycles. The Hall–Kier alpha value is -3.36. The number of anilines is 1. The van der Waals surface area contributed by atoms with E-state index in [-0.39, 0.29) is 11.9 Å². The van der Waals surface area contributed by atoms with Crippen molar-refractivity contribution in [3.05, 3.63) is 51.8 Å². The van der Waals surface area contributed by atoms with Crippen LogP contribution < -0.4 is 19.5 Å². The molecule has 148 valence electrons. The van der Waals surface area contributed by atoms with Gasteiger partial charge >= 0.3 is 5.69 Å². The lowest BCUT2D eigenvalue weighted by Crippen LogP contribution is -2.21. The van der Waals surface area contributed by atoms with Gasteiger partial charge in [-0.15, -0.1) is 0 Å². The standard InChI is InChI=1S/C19H19FN2O6/c1-3-26-17-7-12-6-11(2)28-16(12)9-14(17)21-19(23)10-27-18-8-13(20)4-5-15(18)22(24)25/h4-5,7-9,11H,3,6,10H2,1-2H3,(H,21,23)/t11-/m1/s1. The summed E-state index contributed by atoms with van der Waals surface area (Å²) in [7, 11) is 0. The fourth-order valence-corrected chi connectivity index (χ4v) is 2.90. The van der Waals surface area contributed by atoms with Gasteiger partial charge in [0, 0.05) is 30.2 Å². The SMILES string of the molecule is CCOc1cc2c(cc1NC(=O)COc1cc(F)ccc1[N+](=O)[O-])O[C@H](C)C2. The van der Waals surface area contributed by atoms with Crippen LogP contribution in [0.4, 0.5) is 15.8 Å². The van der Waals surface area contributed by atoms with Crippen LogP contribution in [0.2, 0.25) is 0 Å². The number of benzene rings is 2. The number of nitrogens with one attached hydrogen (secondary N) is 1. The normalized spacial score (nSPS) is 14.8. The van der Waals surface area contributed by atoms with Gasteiger partial charge in [0.1, 0.15) is 23.4 Å². The van der Waals surface area contributed by atoms with Crippen molar-refractivity contribution in [3.8, 4) is 17.2 Å². The predicted molar refractivity (Wildman–Crippen MR) is 98.6 cm³/mol. The second kappa shape index (κ2) is 8.12. The largest absolute Gasteiger partial charge is 0.492 e. The number of hydrogen-bond donors (Lipinski definition) is 1. The summed E-state index contributed by atoms with van der Waals surface area (Å²) in [6.07, 6.45) is 0.781. The van der Waals surface area contributed by atoms with Crippen LogP contribution in [0.25, 0.3) is 0 Å². The summed E-state index contributed by atoms with van der Waals surface area (Å²) in [5.41, 5.74) is 0.960. The minimum atomic E-state index is -0.709. The number of amides is 1. The first kappa shape index (κ1) is 19.4. The van der Waals surface area contributed by atoms with E-state index in [1.165, 1.54) is 0 Å². The van der Waals surface area contributed by atoms with Crippen molar-refractivity contribution in [1.82, 2.24) is 0 Å². The molecule has 1 atom stereocenters. The summed E-state index contributed by atoms with van der Waals surface area (Å²) in [4.78, 5) is 22.6. The number of nitro benzene ring substituents is 1. The Morgan fingerprint density at radius 1 is 1.32 bits per heavy atom. The van der Waals surface area contributed by atoms with Gasteiger partial charge < -0.3 is 19.5 Å². The van der Waals surface area contributed by atoms with Gasteiger partial charge in [0.25, 0.3) is 5.91 Å². The van der Waals surface area contributed by atoms with E-state index < -0.39 is 28.9 Å². The van der Waals surface area contributed by atoms with E-state index in [0.717, 1.165) is 30.2 Å². The number of hydrogen-bond acceptors (Lipinski definition) is 6. The van der Waals surface area contributed by atoms with Crippen molar-refractivity contribution in [3.63, 3.8) is 0 Å². The van der Waals surface area contributed by atoms with Gasteiger partial charge in [-0.2, -0.15) is 0 Å². The highest BCUT2D eigenvalue weighted by molar-refractivity contribution is 5.93. The van der Waals surface area contributed by atoms with E-state index in [1.807, 2.05) is 19.9 Å². The zero-order chi connectivity index (χ0) is 20.3. The van der Waals surface area contributed by atoms with Gasteiger partial charge in [-0.3, -0.25) is 14.9 Å². The third-order valence-electron chi connectivity index (χ3n) is 4.05. The lowest BCUT2D eigenvalue weighted by atomic mass is 10.1. The van der Waals surface area contributed by atoms with E-state index in [1.54, 1.807) is 6.07 Å². The number of rotatable bonds is 7. The molecule has 0 saturated carbocycles. The zero-order valence-corrected chi connectivity index (χ0v) is 15.4. The van der Waals surface area contributed by atoms with Gasteiger partial charge in [0.2, 0.25) is 5.75 Å². The van der Waals surface area contributed by atoms with Crippen LogP contribution in [0.3, 0.4) is 0 Å². The molecule has 28 heavy (non-hydrogen) atoms. The molecule has 0 bridgehead atoms. The Morgan fingerprint density at radius 2 is 2.11 bits per heavy atom. The van der Waals surface area contributed by atoms with Crippen LogP contribution in [0.5, 0.6) is 17.2 Å². The monoisotopic (exact) mass is 390 g/mol. The third-order valence-corrected chi connectivity index (χ3v) is 4.05. The zero-order valence-electron chi connectivity index (χ0n) is 15.4. The molecule has 0 spiro atoms. The molecule has 1 amide bonds. The summed E-state index contributed by atoms with van der Waals surface area (Å²) >= 11 is 0. The second-order valence-corrected chi connectivity index (χ2v) is 6.23. The summed E-state index contributed by atoms with van der Waals surface area (Å²) < 4.78 is 29.8. The molecule has 3 rings (SSSR count). The number of nitrogens with zero attached hydrogens (tertiary/aromatic N) is 1. The van der Waals surface area contributed by atoms with Crippen molar-refractivity contribution in [2.45, 2.75) is 26.4 Å². The van der Waals surface area contributed by atoms with Crippen LogP contribution in [-0.4, -0.2) is 30.1 Å². The summed E-state index contributed by atoms with van der Waals surface area (Å²) in [6.45, 7) is 3.64. The molecule has 9 heteroatoms. The quantitative estimate of drug-likeness (QED) is 0.574. The smallest absolute Gasteiger partial charge is 0.311 e. The van der Waals surface area contributed by atoms with E-state index in [9.17, 15) is 19.3 Å². The Labute approximate surface area is 160 Å². The predicted octanol–water partition coefficient (Wildman–Crippen LogP) is 3.47. The number of ether oxygens (including phenoxy) is 3. The molecule has 0 fully saturated rings. The molecule has 2 aromatic carbocycles. The van der Waals surface area contributed by atoms with Gasteiger partial charge in [0.05, 0.1) is 17.2 Å². The first-order valence-electron chi connectivity index (χ1n) is 8.70. The van der Waals surface area contributed by atoms with Crippen LogP contribution in [0.1, 0.15) is 19.4 Å². The highest BCUT2D eigenvalue weighted by Gasteiger charge is 2.23. The maximum atomic E-state index is 13.3. The number of fused-ring (bicyclic) bond motifs is 1. The van der Waals surface area contributed by atoms with Crippen LogP contribution >= 0.6 is 0 Å². The molecule has 0 unspecified atom stereocenters. The minimum absolute atomic E-state index is 0.0345. The third kappa shape index (κ3) is 4.30. The first-order chi connectivity index (χ1) is 13.4. The Balaban J connectivity index is 1.73.